The van der Waals surface area contributed by atoms with Crippen LogP contribution in [-0.4, -0.2) is 14.6 Å². The number of halogens is 1. The molecule has 7 nitrogen and oxygen atoms in total. The molecule has 3 heterocycles. The van der Waals surface area contributed by atoms with Crippen LogP contribution in [0.25, 0.3) is 39.1 Å². The molecular formula is C25H21ClN4O3. The minimum Gasteiger partial charge on any atom is -0.451 e. The number of nitrogens with zero attached hydrogens (tertiary/aromatic N) is 2. The van der Waals surface area contributed by atoms with Crippen molar-refractivity contribution >= 4 is 29.0 Å². The first kappa shape index (κ1) is 21.2. The van der Waals surface area contributed by atoms with Gasteiger partial charge in [0.15, 0.2) is 5.58 Å². The highest BCUT2D eigenvalue weighted by Gasteiger charge is 2.34. The summed E-state index contributed by atoms with van der Waals surface area (Å²) in [6.45, 7) is 0. The molecule has 0 spiro atoms. The smallest absolute Gasteiger partial charge is 0.347 e. The zero-order chi connectivity index (χ0) is 21.9. The Bertz CT molecular complexity index is 1600. The Morgan fingerprint density at radius 1 is 0.970 bits per heavy atom. The summed E-state index contributed by atoms with van der Waals surface area (Å²) in [5.41, 5.74) is 9.25. The highest BCUT2D eigenvalue weighted by atomic mass is 35.5. The molecule has 0 unspecified atom stereocenters. The van der Waals surface area contributed by atoms with Crippen molar-refractivity contribution < 1.29 is 4.42 Å². The summed E-state index contributed by atoms with van der Waals surface area (Å²) < 4.78 is 7.63. The molecule has 1 fully saturated rings. The number of hydrogen-bond donors (Lipinski definition) is 2. The van der Waals surface area contributed by atoms with Crippen molar-refractivity contribution in [3.63, 3.8) is 0 Å². The second-order valence-corrected chi connectivity index (χ2v) is 8.37. The van der Waals surface area contributed by atoms with Gasteiger partial charge in [0.25, 0.3) is 0 Å². The first-order valence-electron chi connectivity index (χ1n) is 10.6. The van der Waals surface area contributed by atoms with Gasteiger partial charge in [0.2, 0.25) is 11.1 Å². The zero-order valence-electron chi connectivity index (χ0n) is 17.6. The monoisotopic (exact) mass is 460 g/mol. The van der Waals surface area contributed by atoms with E-state index in [9.17, 15) is 9.59 Å². The van der Waals surface area contributed by atoms with E-state index in [2.05, 4.69) is 10.2 Å². The lowest BCUT2D eigenvalue weighted by molar-refractivity contribution is 0.253. The third-order valence-corrected chi connectivity index (χ3v) is 6.48. The van der Waals surface area contributed by atoms with Crippen molar-refractivity contribution in [3.8, 4) is 22.5 Å². The van der Waals surface area contributed by atoms with E-state index in [-0.39, 0.29) is 34.6 Å². The molecule has 5 aromatic rings. The number of fused-ring (bicyclic) bond motifs is 3. The summed E-state index contributed by atoms with van der Waals surface area (Å²) in [7, 11) is 0. The average molecular weight is 461 g/mol. The van der Waals surface area contributed by atoms with Crippen LogP contribution in [-0.2, 0) is 5.54 Å². The van der Waals surface area contributed by atoms with E-state index in [0.717, 1.165) is 36.0 Å². The van der Waals surface area contributed by atoms with Crippen LogP contribution in [0.1, 0.15) is 24.8 Å². The number of aromatic amines is 1. The number of aromatic nitrogens is 3. The molecule has 0 atom stereocenters. The lowest BCUT2D eigenvalue weighted by Gasteiger charge is -2.38. The van der Waals surface area contributed by atoms with E-state index < -0.39 is 5.69 Å². The molecular weight excluding hydrogens is 440 g/mol. The summed E-state index contributed by atoms with van der Waals surface area (Å²) in [5, 5.41) is 6.83. The van der Waals surface area contributed by atoms with E-state index in [1.807, 2.05) is 54.6 Å². The first-order chi connectivity index (χ1) is 15.5. The van der Waals surface area contributed by atoms with Crippen molar-refractivity contribution in [2.45, 2.75) is 24.8 Å². The van der Waals surface area contributed by atoms with Gasteiger partial charge in [-0.25, -0.2) is 14.3 Å². The number of nitrogens with one attached hydrogen (secondary N) is 1. The van der Waals surface area contributed by atoms with Gasteiger partial charge in [0.1, 0.15) is 5.76 Å². The molecule has 3 aromatic heterocycles. The molecule has 1 saturated carbocycles. The van der Waals surface area contributed by atoms with Crippen LogP contribution in [0.3, 0.4) is 0 Å². The molecule has 3 N–H and O–H groups in total. The number of benzene rings is 2. The quantitative estimate of drug-likeness (QED) is 0.419. The summed E-state index contributed by atoms with van der Waals surface area (Å²) in [5.74, 6) is 0.436. The number of H-pyrrole nitrogens is 1. The van der Waals surface area contributed by atoms with Crippen molar-refractivity contribution in [3.05, 3.63) is 93.1 Å². The summed E-state index contributed by atoms with van der Waals surface area (Å²) in [6.07, 6.45) is 4.61. The Hall–Kier alpha value is -3.68. The van der Waals surface area contributed by atoms with Gasteiger partial charge in [-0.05, 0) is 36.5 Å². The Morgan fingerprint density at radius 3 is 2.36 bits per heavy atom. The van der Waals surface area contributed by atoms with Crippen molar-refractivity contribution in [2.75, 3.05) is 0 Å². The van der Waals surface area contributed by atoms with E-state index in [1.54, 1.807) is 6.07 Å². The van der Waals surface area contributed by atoms with E-state index >= 15 is 0 Å². The SMILES string of the molecule is Cl.NC1(c2ccc(-c3c(-c4ccccc4)oc4c(ccn5c(=O)[nH]nc45)c3=O)cc2)CCC1. The van der Waals surface area contributed by atoms with Gasteiger partial charge in [0, 0.05) is 17.3 Å². The van der Waals surface area contributed by atoms with Gasteiger partial charge in [-0.15, -0.1) is 17.5 Å². The van der Waals surface area contributed by atoms with Crippen LogP contribution in [0, 0.1) is 0 Å². The summed E-state index contributed by atoms with van der Waals surface area (Å²) >= 11 is 0. The lowest BCUT2D eigenvalue weighted by Crippen LogP contribution is -2.43. The summed E-state index contributed by atoms with van der Waals surface area (Å²) in [4.78, 5) is 25.7. The van der Waals surface area contributed by atoms with E-state index in [4.69, 9.17) is 10.2 Å². The molecule has 0 amide bonds. The largest absolute Gasteiger partial charge is 0.451 e. The standard InChI is InChI=1S/C25H20N4O3.ClH/c26-25(12-4-13-25)17-9-7-15(8-10-17)19-20(30)18-11-14-29-23(27-28-24(29)31)22(18)32-21(19)16-5-2-1-3-6-16;/h1-3,5-11,14H,4,12-13,26H2,(H,28,31);1H. The van der Waals surface area contributed by atoms with Gasteiger partial charge in [0.05, 0.1) is 10.9 Å². The molecule has 166 valence electrons. The molecule has 0 aliphatic heterocycles. The molecule has 1 aliphatic rings. The van der Waals surface area contributed by atoms with Crippen LogP contribution in [0.5, 0.6) is 0 Å². The Labute approximate surface area is 194 Å². The maximum atomic E-state index is 13.7. The second kappa shape index (κ2) is 7.72. The molecule has 2 aromatic carbocycles. The Kier molecular flexibility index (Phi) is 4.96. The van der Waals surface area contributed by atoms with Gasteiger partial charge in [-0.2, -0.15) is 0 Å². The third kappa shape index (κ3) is 3.20. The predicted octanol–water partition coefficient (Wildman–Crippen LogP) is 4.22. The van der Waals surface area contributed by atoms with Crippen molar-refractivity contribution in [1.82, 2.24) is 14.6 Å². The fourth-order valence-electron chi connectivity index (χ4n) is 4.49. The predicted molar refractivity (Wildman–Crippen MR) is 130 cm³/mol. The normalized spacial score (nSPS) is 14.7. The number of pyridine rings is 1. The lowest BCUT2D eigenvalue weighted by atomic mass is 9.72. The van der Waals surface area contributed by atoms with E-state index in [0.29, 0.717) is 16.7 Å². The second-order valence-electron chi connectivity index (χ2n) is 8.37. The molecule has 6 rings (SSSR count). The molecule has 8 heteroatoms. The van der Waals surface area contributed by atoms with Crippen LogP contribution >= 0.6 is 12.4 Å². The van der Waals surface area contributed by atoms with Crippen LogP contribution < -0.4 is 16.9 Å². The van der Waals surface area contributed by atoms with Crippen molar-refractivity contribution in [1.29, 1.82) is 0 Å². The van der Waals surface area contributed by atoms with Crippen LogP contribution in [0.4, 0.5) is 0 Å². The number of hydrogen-bond acceptors (Lipinski definition) is 5. The van der Waals surface area contributed by atoms with Gasteiger partial charge < -0.3 is 10.2 Å². The molecule has 0 radical (unpaired) electrons. The average Bonchev–Trinajstić information content (AvgIpc) is 3.19. The van der Waals surface area contributed by atoms with Gasteiger partial charge >= 0.3 is 5.69 Å². The zero-order valence-corrected chi connectivity index (χ0v) is 18.4. The minimum absolute atomic E-state index is 0. The van der Waals surface area contributed by atoms with Crippen molar-refractivity contribution in [2.24, 2.45) is 5.73 Å². The highest BCUT2D eigenvalue weighted by Crippen LogP contribution is 2.40. The molecule has 0 bridgehead atoms. The van der Waals surface area contributed by atoms with Crippen LogP contribution in [0.15, 0.2) is 80.9 Å². The van der Waals surface area contributed by atoms with E-state index in [1.165, 1.54) is 10.6 Å². The molecule has 0 saturated heterocycles. The Balaban J connectivity index is 0.00000228. The topological polar surface area (TPSA) is 106 Å². The highest BCUT2D eigenvalue weighted by molar-refractivity contribution is 5.94. The first-order valence-corrected chi connectivity index (χ1v) is 10.6. The van der Waals surface area contributed by atoms with Crippen LogP contribution in [0.2, 0.25) is 0 Å². The Morgan fingerprint density at radius 2 is 1.70 bits per heavy atom. The fourth-order valence-corrected chi connectivity index (χ4v) is 4.49. The van der Waals surface area contributed by atoms with Gasteiger partial charge in [-0.3, -0.25) is 4.79 Å². The minimum atomic E-state index is -0.391. The molecule has 33 heavy (non-hydrogen) atoms. The number of rotatable bonds is 3. The maximum Gasteiger partial charge on any atom is 0.347 e. The maximum absolute atomic E-state index is 13.7. The summed E-state index contributed by atoms with van der Waals surface area (Å²) in [6, 6.07) is 18.9. The number of nitrogens with two attached hydrogens (primary N) is 1. The fraction of sp³-hybridized carbons (Fsp3) is 0.160. The molecule has 1 aliphatic carbocycles. The van der Waals surface area contributed by atoms with Gasteiger partial charge in [-0.1, -0.05) is 54.6 Å². The third-order valence-electron chi connectivity index (χ3n) is 6.48.